The van der Waals surface area contributed by atoms with E-state index in [0.717, 1.165) is 25.0 Å². The summed E-state index contributed by atoms with van der Waals surface area (Å²) in [5.74, 6) is 6.44. The molecule has 142 valence electrons. The molecule has 1 aliphatic carbocycles. The first-order valence-electron chi connectivity index (χ1n) is 9.25. The van der Waals surface area contributed by atoms with Crippen molar-refractivity contribution >= 4 is 11.8 Å². The third-order valence-electron chi connectivity index (χ3n) is 4.89. The molecular formula is C18H33N5O2. The summed E-state index contributed by atoms with van der Waals surface area (Å²) < 4.78 is 0. The second-order valence-electron chi connectivity index (χ2n) is 8.20. The molecule has 0 radical (unpaired) electrons. The molecular weight excluding hydrogens is 318 g/mol. The lowest BCUT2D eigenvalue weighted by atomic mass is 9.85. The number of rotatable bonds is 6. The Bertz CT molecular complexity index is 536. The lowest BCUT2D eigenvalue weighted by molar-refractivity contribution is -0.145. The summed E-state index contributed by atoms with van der Waals surface area (Å²) in [5.41, 5.74) is 6.42. The van der Waals surface area contributed by atoms with Gasteiger partial charge in [0, 0.05) is 30.9 Å². The molecule has 1 heterocycles. The third-order valence-corrected chi connectivity index (χ3v) is 4.89. The fourth-order valence-electron chi connectivity index (χ4n) is 3.47. The second-order valence-corrected chi connectivity index (χ2v) is 8.20. The van der Waals surface area contributed by atoms with Crippen LogP contribution in [-0.4, -0.2) is 46.9 Å². The van der Waals surface area contributed by atoms with E-state index in [9.17, 15) is 9.59 Å². The van der Waals surface area contributed by atoms with E-state index in [0.29, 0.717) is 25.4 Å². The highest BCUT2D eigenvalue weighted by molar-refractivity contribution is 5.90. The summed E-state index contributed by atoms with van der Waals surface area (Å²) in [6.07, 6.45) is 5.38. The van der Waals surface area contributed by atoms with Crippen molar-refractivity contribution in [1.82, 2.24) is 15.2 Å². The molecule has 1 aliphatic heterocycles. The van der Waals surface area contributed by atoms with Gasteiger partial charge in [-0.3, -0.25) is 9.59 Å². The fourth-order valence-corrected chi connectivity index (χ4v) is 3.47. The molecule has 7 nitrogen and oxygen atoms in total. The van der Waals surface area contributed by atoms with Crippen LogP contribution in [-0.2, 0) is 9.59 Å². The number of likely N-dealkylation sites (N-methyl/N-ethyl adjacent to an activating group) is 1. The minimum Gasteiger partial charge on any atom is -0.401 e. The average molecular weight is 351 g/mol. The number of nitrogens with two attached hydrogens (primary N) is 2. The molecule has 2 amide bonds. The monoisotopic (exact) mass is 351 g/mol. The smallest absolute Gasteiger partial charge is 0.248 e. The third kappa shape index (κ3) is 4.66. The van der Waals surface area contributed by atoms with Gasteiger partial charge in [-0.2, -0.15) is 0 Å². The normalized spacial score (nSPS) is 22.7. The van der Waals surface area contributed by atoms with E-state index in [1.807, 2.05) is 27.7 Å². The standard InChI is InChI=1S/C18H33N5O2/c1-5-21-16(24)14-7-6-10-22(14)17(25)15(18(2,3)4)23(20)11-13(19)12-8-9-12/h11-12,14-15H,5-10,19-20H2,1-4H3,(H,21,24)/b13-11-. The number of amides is 2. The zero-order valence-corrected chi connectivity index (χ0v) is 15.9. The number of carbonyl (C=O) groups is 2. The molecule has 1 saturated carbocycles. The predicted molar refractivity (Wildman–Crippen MR) is 97.7 cm³/mol. The van der Waals surface area contributed by atoms with Crippen molar-refractivity contribution in [3.8, 4) is 0 Å². The summed E-state index contributed by atoms with van der Waals surface area (Å²) in [6, 6.07) is -0.977. The van der Waals surface area contributed by atoms with Gasteiger partial charge in [-0.05, 0) is 38.0 Å². The molecule has 7 heteroatoms. The minimum absolute atomic E-state index is 0.0855. The number of hydrazine groups is 1. The fraction of sp³-hybridized carbons (Fsp3) is 0.778. The molecule has 0 aromatic heterocycles. The second kappa shape index (κ2) is 7.64. The maximum atomic E-state index is 13.3. The summed E-state index contributed by atoms with van der Waals surface area (Å²) in [5, 5.41) is 4.27. The highest BCUT2D eigenvalue weighted by Crippen LogP contribution is 2.35. The number of likely N-dealkylation sites (tertiary alicyclic amines) is 1. The topological polar surface area (TPSA) is 105 Å². The number of allylic oxidation sites excluding steroid dienone is 1. The summed E-state index contributed by atoms with van der Waals surface area (Å²) in [4.78, 5) is 27.3. The number of hydrogen-bond donors (Lipinski definition) is 3. The molecule has 2 aliphatic rings. The SMILES string of the molecule is CCNC(=O)C1CCCN1C(=O)C(N(N)/C=C(\N)C1CC1)C(C)(C)C. The Hall–Kier alpha value is -1.76. The molecule has 2 rings (SSSR count). The molecule has 0 aromatic rings. The zero-order valence-electron chi connectivity index (χ0n) is 15.9. The van der Waals surface area contributed by atoms with Crippen LogP contribution in [0.1, 0.15) is 53.4 Å². The first-order chi connectivity index (χ1) is 11.7. The van der Waals surface area contributed by atoms with E-state index in [-0.39, 0.29) is 17.2 Å². The number of carbonyl (C=O) groups excluding carboxylic acids is 2. The number of nitrogens with one attached hydrogen (secondary N) is 1. The summed E-state index contributed by atoms with van der Waals surface area (Å²) >= 11 is 0. The van der Waals surface area contributed by atoms with Crippen molar-refractivity contribution < 1.29 is 9.59 Å². The Labute approximate surface area is 150 Å². The van der Waals surface area contributed by atoms with Gasteiger partial charge >= 0.3 is 0 Å². The highest BCUT2D eigenvalue weighted by atomic mass is 16.2. The van der Waals surface area contributed by atoms with Gasteiger partial charge in [0.25, 0.3) is 0 Å². The molecule has 5 N–H and O–H groups in total. The molecule has 2 fully saturated rings. The van der Waals surface area contributed by atoms with Crippen molar-refractivity contribution in [3.05, 3.63) is 11.9 Å². The van der Waals surface area contributed by atoms with Crippen LogP contribution < -0.4 is 16.9 Å². The van der Waals surface area contributed by atoms with E-state index < -0.39 is 12.1 Å². The Morgan fingerprint density at radius 3 is 2.48 bits per heavy atom. The number of hydrogen-bond acceptors (Lipinski definition) is 5. The molecule has 0 spiro atoms. The molecule has 25 heavy (non-hydrogen) atoms. The van der Waals surface area contributed by atoms with E-state index in [4.69, 9.17) is 11.6 Å². The van der Waals surface area contributed by atoms with Gasteiger partial charge in [0.2, 0.25) is 11.8 Å². The van der Waals surface area contributed by atoms with Gasteiger partial charge in [0.15, 0.2) is 0 Å². The Morgan fingerprint density at radius 2 is 1.96 bits per heavy atom. The predicted octanol–water partition coefficient (Wildman–Crippen LogP) is 0.914. The molecule has 2 atom stereocenters. The van der Waals surface area contributed by atoms with Crippen molar-refractivity contribution in [2.24, 2.45) is 22.9 Å². The highest BCUT2D eigenvalue weighted by Gasteiger charge is 2.43. The summed E-state index contributed by atoms with van der Waals surface area (Å²) in [6.45, 7) is 8.96. The van der Waals surface area contributed by atoms with Crippen molar-refractivity contribution in [2.45, 2.75) is 65.5 Å². The van der Waals surface area contributed by atoms with Crippen molar-refractivity contribution in [2.75, 3.05) is 13.1 Å². The summed E-state index contributed by atoms with van der Waals surface area (Å²) in [7, 11) is 0. The Balaban J connectivity index is 2.20. The maximum Gasteiger partial charge on any atom is 0.248 e. The molecule has 1 saturated heterocycles. The van der Waals surface area contributed by atoms with Gasteiger partial charge in [0.1, 0.15) is 12.1 Å². The quantitative estimate of drug-likeness (QED) is 0.487. The molecule has 0 aromatic carbocycles. The van der Waals surface area contributed by atoms with Gasteiger partial charge in [-0.15, -0.1) is 0 Å². The van der Waals surface area contributed by atoms with E-state index in [1.54, 1.807) is 11.1 Å². The van der Waals surface area contributed by atoms with Crippen LogP contribution in [0.15, 0.2) is 11.9 Å². The van der Waals surface area contributed by atoms with Crippen molar-refractivity contribution in [3.63, 3.8) is 0 Å². The molecule has 0 bridgehead atoms. The van der Waals surface area contributed by atoms with Gasteiger partial charge in [-0.1, -0.05) is 20.8 Å². The first-order valence-corrected chi connectivity index (χ1v) is 9.25. The van der Waals surface area contributed by atoms with E-state index in [1.165, 1.54) is 5.01 Å². The lowest BCUT2D eigenvalue weighted by Gasteiger charge is -2.39. The van der Waals surface area contributed by atoms with Crippen LogP contribution in [0.4, 0.5) is 0 Å². The largest absolute Gasteiger partial charge is 0.401 e. The Kier molecular flexibility index (Phi) is 5.98. The van der Waals surface area contributed by atoms with E-state index in [2.05, 4.69) is 5.32 Å². The van der Waals surface area contributed by atoms with Crippen LogP contribution >= 0.6 is 0 Å². The van der Waals surface area contributed by atoms with Crippen LogP contribution in [0.2, 0.25) is 0 Å². The first kappa shape index (κ1) is 19.6. The van der Waals surface area contributed by atoms with E-state index >= 15 is 0 Å². The van der Waals surface area contributed by atoms with Crippen LogP contribution in [0.5, 0.6) is 0 Å². The van der Waals surface area contributed by atoms with Gasteiger partial charge < -0.3 is 21.0 Å². The van der Waals surface area contributed by atoms with Crippen LogP contribution in [0, 0.1) is 11.3 Å². The van der Waals surface area contributed by atoms with Gasteiger partial charge in [-0.25, -0.2) is 5.84 Å². The van der Waals surface area contributed by atoms with Crippen LogP contribution in [0.3, 0.4) is 0 Å². The Morgan fingerprint density at radius 1 is 1.32 bits per heavy atom. The zero-order chi connectivity index (χ0) is 18.8. The molecule has 2 unspecified atom stereocenters. The lowest BCUT2D eigenvalue weighted by Crippen LogP contribution is -2.58. The minimum atomic E-state index is -0.570. The maximum absolute atomic E-state index is 13.3. The van der Waals surface area contributed by atoms with Gasteiger partial charge in [0.05, 0.1) is 0 Å². The van der Waals surface area contributed by atoms with Crippen LogP contribution in [0.25, 0.3) is 0 Å². The average Bonchev–Trinajstić information content (AvgIpc) is 3.22. The number of nitrogens with zero attached hydrogens (tertiary/aromatic N) is 2. The van der Waals surface area contributed by atoms with Crippen molar-refractivity contribution in [1.29, 1.82) is 0 Å².